The number of rotatable bonds is 5. The molecule has 0 unspecified atom stereocenters. The van der Waals surface area contributed by atoms with Gasteiger partial charge in [-0.05, 0) is 44.2 Å². The normalized spacial score (nSPS) is 27.9. The van der Waals surface area contributed by atoms with Crippen LogP contribution in [-0.2, 0) is 13.6 Å². The number of likely N-dealkylation sites (N-methyl/N-ethyl adjacent to an activating group) is 1. The van der Waals surface area contributed by atoms with Crippen LogP contribution in [0.5, 0.6) is 0 Å². The summed E-state index contributed by atoms with van der Waals surface area (Å²) in [4.78, 5) is 2.54. The van der Waals surface area contributed by atoms with Crippen molar-refractivity contribution in [1.82, 2.24) is 14.7 Å². The summed E-state index contributed by atoms with van der Waals surface area (Å²) in [6.45, 7) is 7.32. The number of hydrogen-bond acceptors (Lipinski definition) is 3. The van der Waals surface area contributed by atoms with Crippen molar-refractivity contribution in [2.75, 3.05) is 13.1 Å². The van der Waals surface area contributed by atoms with Gasteiger partial charge in [-0.15, -0.1) is 0 Å². The molecule has 1 fully saturated rings. The van der Waals surface area contributed by atoms with Crippen LogP contribution in [0.4, 0.5) is 0 Å². The van der Waals surface area contributed by atoms with Crippen LogP contribution in [0, 0.1) is 5.92 Å². The molecule has 4 heteroatoms. The number of aryl methyl sites for hydroxylation is 1. The van der Waals surface area contributed by atoms with E-state index in [9.17, 15) is 0 Å². The monoisotopic (exact) mass is 264 g/mol. The molecule has 1 aromatic heterocycles. The van der Waals surface area contributed by atoms with Gasteiger partial charge in [0.05, 0.1) is 5.69 Å². The summed E-state index contributed by atoms with van der Waals surface area (Å²) in [5.41, 5.74) is 7.49. The third-order valence-corrected chi connectivity index (χ3v) is 4.76. The first-order valence-electron chi connectivity index (χ1n) is 7.53. The van der Waals surface area contributed by atoms with E-state index in [0.29, 0.717) is 0 Å². The van der Waals surface area contributed by atoms with E-state index in [2.05, 4.69) is 29.9 Å². The largest absolute Gasteiger partial charge is 0.329 e. The third kappa shape index (κ3) is 3.18. The fourth-order valence-corrected chi connectivity index (χ4v) is 3.31. The van der Waals surface area contributed by atoms with Gasteiger partial charge in [0, 0.05) is 31.9 Å². The Kier molecular flexibility index (Phi) is 4.63. The van der Waals surface area contributed by atoms with Gasteiger partial charge in [-0.2, -0.15) is 5.10 Å². The predicted molar refractivity (Wildman–Crippen MR) is 78.7 cm³/mol. The average molecular weight is 264 g/mol. The highest BCUT2D eigenvalue weighted by molar-refractivity contribution is 5.02. The van der Waals surface area contributed by atoms with Crippen LogP contribution < -0.4 is 5.73 Å². The number of nitrogens with zero attached hydrogens (tertiary/aromatic N) is 3. The minimum atomic E-state index is 0.193. The SMILES string of the molecule is CCN(Cc1ccn(C)n1)C1(CN)CCC(C)CC1. The molecule has 0 spiro atoms. The van der Waals surface area contributed by atoms with Crippen molar-refractivity contribution >= 4 is 0 Å². The molecule has 1 heterocycles. The Labute approximate surface area is 117 Å². The van der Waals surface area contributed by atoms with E-state index in [1.165, 1.54) is 25.7 Å². The molecule has 19 heavy (non-hydrogen) atoms. The summed E-state index contributed by atoms with van der Waals surface area (Å²) in [7, 11) is 1.97. The van der Waals surface area contributed by atoms with E-state index in [4.69, 9.17) is 5.73 Å². The minimum absolute atomic E-state index is 0.193. The van der Waals surface area contributed by atoms with Gasteiger partial charge in [0.2, 0.25) is 0 Å². The van der Waals surface area contributed by atoms with Gasteiger partial charge in [0.1, 0.15) is 0 Å². The van der Waals surface area contributed by atoms with Gasteiger partial charge in [-0.3, -0.25) is 9.58 Å². The Balaban J connectivity index is 2.10. The van der Waals surface area contributed by atoms with E-state index in [-0.39, 0.29) is 5.54 Å². The highest BCUT2D eigenvalue weighted by Gasteiger charge is 2.37. The molecule has 1 aliphatic carbocycles. The van der Waals surface area contributed by atoms with Gasteiger partial charge in [-0.1, -0.05) is 13.8 Å². The Morgan fingerprint density at radius 2 is 2.16 bits per heavy atom. The molecule has 108 valence electrons. The summed E-state index contributed by atoms with van der Waals surface area (Å²) in [5, 5.41) is 4.51. The summed E-state index contributed by atoms with van der Waals surface area (Å²) in [6, 6.07) is 2.11. The second kappa shape index (κ2) is 6.06. The molecule has 1 saturated carbocycles. The first-order chi connectivity index (χ1) is 9.09. The molecule has 2 N–H and O–H groups in total. The molecule has 1 aromatic rings. The summed E-state index contributed by atoms with van der Waals surface area (Å²) in [5.74, 6) is 0.855. The van der Waals surface area contributed by atoms with Gasteiger partial charge in [-0.25, -0.2) is 0 Å². The van der Waals surface area contributed by atoms with Crippen molar-refractivity contribution in [3.8, 4) is 0 Å². The van der Waals surface area contributed by atoms with Crippen LogP contribution >= 0.6 is 0 Å². The van der Waals surface area contributed by atoms with Crippen molar-refractivity contribution in [2.45, 2.75) is 51.6 Å². The Morgan fingerprint density at radius 1 is 1.47 bits per heavy atom. The number of nitrogens with two attached hydrogens (primary N) is 1. The van der Waals surface area contributed by atoms with Crippen molar-refractivity contribution in [3.05, 3.63) is 18.0 Å². The molecule has 4 nitrogen and oxygen atoms in total. The zero-order chi connectivity index (χ0) is 13.9. The molecule has 0 radical (unpaired) electrons. The third-order valence-electron chi connectivity index (χ3n) is 4.76. The summed E-state index contributed by atoms with van der Waals surface area (Å²) in [6.07, 6.45) is 7.07. The van der Waals surface area contributed by atoms with Crippen LogP contribution in [-0.4, -0.2) is 33.3 Å². The lowest BCUT2D eigenvalue weighted by Gasteiger charge is -2.46. The van der Waals surface area contributed by atoms with Gasteiger partial charge < -0.3 is 5.73 Å². The molecule has 0 amide bonds. The van der Waals surface area contributed by atoms with Crippen LogP contribution in [0.15, 0.2) is 12.3 Å². The first kappa shape index (κ1) is 14.5. The predicted octanol–water partition coefficient (Wildman–Crippen LogP) is 2.15. The molecule has 1 aliphatic rings. The number of hydrogen-bond donors (Lipinski definition) is 1. The lowest BCUT2D eigenvalue weighted by atomic mass is 9.76. The van der Waals surface area contributed by atoms with E-state index in [0.717, 1.165) is 31.2 Å². The van der Waals surface area contributed by atoms with Crippen LogP contribution in [0.2, 0.25) is 0 Å². The molecule has 0 aromatic carbocycles. The lowest BCUT2D eigenvalue weighted by Crippen LogP contribution is -2.55. The molecule has 2 rings (SSSR count). The maximum Gasteiger partial charge on any atom is 0.0764 e. The van der Waals surface area contributed by atoms with E-state index < -0.39 is 0 Å². The fourth-order valence-electron chi connectivity index (χ4n) is 3.31. The van der Waals surface area contributed by atoms with Crippen LogP contribution in [0.3, 0.4) is 0 Å². The summed E-state index contributed by atoms with van der Waals surface area (Å²) >= 11 is 0. The molecular formula is C15H28N4. The first-order valence-corrected chi connectivity index (χ1v) is 7.53. The summed E-state index contributed by atoms with van der Waals surface area (Å²) < 4.78 is 1.88. The van der Waals surface area contributed by atoms with Crippen LogP contribution in [0.1, 0.15) is 45.2 Å². The molecule has 0 aliphatic heterocycles. The molecule has 0 atom stereocenters. The van der Waals surface area contributed by atoms with Crippen molar-refractivity contribution in [1.29, 1.82) is 0 Å². The zero-order valence-corrected chi connectivity index (χ0v) is 12.6. The van der Waals surface area contributed by atoms with Gasteiger partial charge in [0.15, 0.2) is 0 Å². The van der Waals surface area contributed by atoms with Crippen LogP contribution in [0.25, 0.3) is 0 Å². The second-order valence-corrected chi connectivity index (χ2v) is 6.11. The highest BCUT2D eigenvalue weighted by Crippen LogP contribution is 2.36. The highest BCUT2D eigenvalue weighted by atomic mass is 15.3. The molecule has 0 saturated heterocycles. The Hall–Kier alpha value is -0.870. The smallest absolute Gasteiger partial charge is 0.0764 e. The zero-order valence-electron chi connectivity index (χ0n) is 12.6. The van der Waals surface area contributed by atoms with Gasteiger partial charge >= 0.3 is 0 Å². The van der Waals surface area contributed by atoms with Crippen molar-refractivity contribution in [2.24, 2.45) is 18.7 Å². The minimum Gasteiger partial charge on any atom is -0.329 e. The maximum atomic E-state index is 6.15. The average Bonchev–Trinajstić information content (AvgIpc) is 2.83. The topological polar surface area (TPSA) is 47.1 Å². The standard InChI is InChI=1S/C15H28N4/c1-4-19(11-14-7-10-18(3)17-14)15(12-16)8-5-13(2)6-9-15/h7,10,13H,4-6,8-9,11-12,16H2,1-3H3. The van der Waals surface area contributed by atoms with E-state index in [1.54, 1.807) is 0 Å². The number of aromatic nitrogens is 2. The maximum absolute atomic E-state index is 6.15. The van der Waals surface area contributed by atoms with Gasteiger partial charge in [0.25, 0.3) is 0 Å². The quantitative estimate of drug-likeness (QED) is 0.886. The Bertz CT molecular complexity index is 391. The second-order valence-electron chi connectivity index (χ2n) is 6.11. The van der Waals surface area contributed by atoms with E-state index >= 15 is 0 Å². The lowest BCUT2D eigenvalue weighted by molar-refractivity contribution is 0.0412. The van der Waals surface area contributed by atoms with E-state index in [1.807, 2.05) is 17.9 Å². The molecular weight excluding hydrogens is 236 g/mol. The van der Waals surface area contributed by atoms with Crippen molar-refractivity contribution < 1.29 is 0 Å². The fraction of sp³-hybridized carbons (Fsp3) is 0.800. The Morgan fingerprint density at radius 3 is 2.63 bits per heavy atom. The molecule has 0 bridgehead atoms. The van der Waals surface area contributed by atoms with Crippen molar-refractivity contribution in [3.63, 3.8) is 0 Å².